The van der Waals surface area contributed by atoms with Crippen LogP contribution in [0.25, 0.3) is 10.8 Å². The maximum Gasteiger partial charge on any atom is 0.254 e. The number of benzene rings is 4. The van der Waals surface area contributed by atoms with Crippen molar-refractivity contribution in [1.29, 1.82) is 0 Å². The minimum absolute atomic E-state index is 0.0972. The second-order valence-corrected chi connectivity index (χ2v) is 10.5. The third-order valence-corrected chi connectivity index (χ3v) is 7.98. The Hall–Kier alpha value is -4.42. The van der Waals surface area contributed by atoms with Crippen LogP contribution in [0.5, 0.6) is 11.5 Å². The number of aromatic nitrogens is 2. The van der Waals surface area contributed by atoms with Crippen molar-refractivity contribution < 1.29 is 9.53 Å². The summed E-state index contributed by atoms with van der Waals surface area (Å²) in [5.41, 5.74) is 4.26. The first-order valence-corrected chi connectivity index (χ1v) is 16.6. The Bertz CT molecular complexity index is 1650. The topological polar surface area (TPSA) is 50.6 Å². The first-order chi connectivity index (χ1) is 22.2. The van der Waals surface area contributed by atoms with Crippen LogP contribution in [0.2, 0.25) is 0 Å². The van der Waals surface area contributed by atoms with E-state index in [9.17, 15) is 4.79 Å². The monoisotopic (exact) mass is 604 g/mol. The summed E-state index contributed by atoms with van der Waals surface area (Å²) in [6, 6.07) is 30.8. The van der Waals surface area contributed by atoms with Crippen molar-refractivity contribution in [2.75, 3.05) is 19.6 Å². The molecule has 1 saturated heterocycles. The lowest BCUT2D eigenvalue weighted by Gasteiger charge is -2.42. The van der Waals surface area contributed by atoms with E-state index >= 15 is 0 Å². The lowest BCUT2D eigenvalue weighted by atomic mass is 9.99. The highest BCUT2D eigenvalue weighted by Gasteiger charge is 2.32. The van der Waals surface area contributed by atoms with Gasteiger partial charge in [-0.2, -0.15) is 0 Å². The van der Waals surface area contributed by atoms with E-state index in [0.717, 1.165) is 59.5 Å². The second-order valence-electron chi connectivity index (χ2n) is 10.5. The zero-order chi connectivity index (χ0) is 32.2. The van der Waals surface area contributed by atoms with Gasteiger partial charge < -0.3 is 14.2 Å². The fourth-order valence-electron chi connectivity index (χ4n) is 5.95. The number of carbonyl (C=O) groups excluding carboxylic acids is 1. The van der Waals surface area contributed by atoms with Crippen LogP contribution in [-0.2, 0) is 19.5 Å². The molecule has 0 radical (unpaired) electrons. The van der Waals surface area contributed by atoms with E-state index in [2.05, 4.69) is 50.8 Å². The molecule has 1 amide bonds. The first kappa shape index (κ1) is 33.5. The van der Waals surface area contributed by atoms with E-state index < -0.39 is 0 Å². The number of fused-ring (bicyclic) bond motifs is 6. The molecule has 0 spiro atoms. The molecule has 2 bridgehead atoms. The van der Waals surface area contributed by atoms with Crippen LogP contribution in [0.15, 0.2) is 104 Å². The maximum absolute atomic E-state index is 13.9. The molecule has 7 rings (SSSR count). The summed E-state index contributed by atoms with van der Waals surface area (Å²) in [6.07, 6.45) is 4.66. The zero-order valence-electron chi connectivity index (χ0n) is 27.7. The first-order valence-electron chi connectivity index (χ1n) is 16.6. The molecule has 0 aliphatic carbocycles. The number of hydrogen-bond acceptors (Lipinski definition) is 4. The summed E-state index contributed by atoms with van der Waals surface area (Å²) in [4.78, 5) is 22.9. The average molecular weight is 605 g/mol. The second kappa shape index (κ2) is 16.6. The van der Waals surface area contributed by atoms with Gasteiger partial charge in [0.2, 0.25) is 0 Å². The summed E-state index contributed by atoms with van der Waals surface area (Å²) in [7, 11) is 0. The smallest absolute Gasteiger partial charge is 0.254 e. The third-order valence-electron chi connectivity index (χ3n) is 7.98. The number of piperazine rings is 1. The Balaban J connectivity index is 0.000000727. The largest absolute Gasteiger partial charge is 0.457 e. The summed E-state index contributed by atoms with van der Waals surface area (Å²) in [5, 5.41) is 2.10. The van der Waals surface area contributed by atoms with E-state index in [1.165, 1.54) is 11.3 Å². The van der Waals surface area contributed by atoms with E-state index in [4.69, 9.17) is 4.74 Å². The van der Waals surface area contributed by atoms with Crippen LogP contribution in [0.4, 0.5) is 0 Å². The normalized spacial score (nSPS) is 15.6. The number of para-hydroxylation sites is 1. The minimum Gasteiger partial charge on any atom is -0.457 e. The van der Waals surface area contributed by atoms with Crippen molar-refractivity contribution in [1.82, 2.24) is 19.4 Å². The van der Waals surface area contributed by atoms with Crippen LogP contribution in [0.3, 0.4) is 0 Å². The fourth-order valence-corrected chi connectivity index (χ4v) is 5.95. The lowest BCUT2D eigenvalue weighted by Crippen LogP contribution is -2.55. The number of nitrogens with zero attached hydrogens (tertiary/aromatic N) is 4. The molecule has 6 nitrogen and oxygen atoms in total. The Labute approximate surface area is 269 Å². The summed E-state index contributed by atoms with van der Waals surface area (Å²) in [5.74, 6) is 1.79. The van der Waals surface area contributed by atoms with Crippen molar-refractivity contribution in [3.63, 3.8) is 0 Å². The van der Waals surface area contributed by atoms with Crippen LogP contribution in [0.1, 0.15) is 68.7 Å². The molecule has 1 unspecified atom stereocenters. The molecule has 3 heterocycles. The lowest BCUT2D eigenvalue weighted by molar-refractivity contribution is 0.0453. The molecule has 1 atom stereocenters. The average Bonchev–Trinajstić information content (AvgIpc) is 3.54. The van der Waals surface area contributed by atoms with E-state index in [-0.39, 0.29) is 11.9 Å². The third kappa shape index (κ3) is 7.81. The van der Waals surface area contributed by atoms with Crippen LogP contribution < -0.4 is 4.74 Å². The van der Waals surface area contributed by atoms with Gasteiger partial charge in [-0.15, -0.1) is 0 Å². The van der Waals surface area contributed by atoms with Gasteiger partial charge in [-0.1, -0.05) is 108 Å². The molecule has 1 aromatic heterocycles. The highest BCUT2D eigenvalue weighted by molar-refractivity contribution is 6.07. The molecular weight excluding hydrogens is 556 g/mol. The van der Waals surface area contributed by atoms with Gasteiger partial charge in [-0.25, -0.2) is 4.98 Å². The fraction of sp³-hybridized carbons (Fsp3) is 0.333. The van der Waals surface area contributed by atoms with Gasteiger partial charge in [0.15, 0.2) is 0 Å². The van der Waals surface area contributed by atoms with Gasteiger partial charge in [0, 0.05) is 50.5 Å². The number of hydrogen-bond donors (Lipinski definition) is 0. The van der Waals surface area contributed by atoms with Gasteiger partial charge in [-0.05, 0) is 52.6 Å². The summed E-state index contributed by atoms with van der Waals surface area (Å²) < 4.78 is 8.65. The highest BCUT2D eigenvalue weighted by atomic mass is 16.5. The molecule has 4 aromatic carbocycles. The van der Waals surface area contributed by atoms with Crippen molar-refractivity contribution in [3.8, 4) is 11.5 Å². The minimum atomic E-state index is 0.0972. The predicted octanol–water partition coefficient (Wildman–Crippen LogP) is 8.84. The van der Waals surface area contributed by atoms with Crippen molar-refractivity contribution in [2.24, 2.45) is 0 Å². The van der Waals surface area contributed by atoms with Crippen molar-refractivity contribution in [3.05, 3.63) is 126 Å². The number of carbonyl (C=O) groups is 1. The van der Waals surface area contributed by atoms with Gasteiger partial charge in [-0.3, -0.25) is 9.69 Å². The SMILES string of the molecule is CC.CC.CC.O=C(c1cccc2ccccc12)N1CCN2Cc3cncn3Cc3cccc(c3)Oc3ccccc3CC2C1. The molecule has 45 heavy (non-hydrogen) atoms. The molecule has 236 valence electrons. The van der Waals surface area contributed by atoms with Crippen LogP contribution in [-0.4, -0.2) is 50.9 Å². The molecule has 1 fully saturated rings. The molecule has 5 aromatic rings. The highest BCUT2D eigenvalue weighted by Crippen LogP contribution is 2.30. The number of amides is 1. The number of rotatable bonds is 1. The van der Waals surface area contributed by atoms with Crippen molar-refractivity contribution in [2.45, 2.75) is 67.1 Å². The number of imidazole rings is 1. The van der Waals surface area contributed by atoms with E-state index in [0.29, 0.717) is 13.1 Å². The molecule has 2 aliphatic rings. The van der Waals surface area contributed by atoms with Crippen LogP contribution >= 0.6 is 0 Å². The standard InChI is InChI=1S/C33H30N4O2.3C2H6/c38-33(31-13-6-10-25-8-1-3-12-30(25)31)36-16-15-35-22-28-19-34-23-37(28)20-24-7-5-11-29(17-24)39-32-14-4-2-9-26(32)18-27(35)21-36;3*1-2/h1-14,17,19,23,27H,15-16,18,20-22H2;3*1-2H3. The summed E-state index contributed by atoms with van der Waals surface area (Å²) in [6.45, 7) is 15.6. The van der Waals surface area contributed by atoms with Gasteiger partial charge >= 0.3 is 0 Å². The molecule has 0 N–H and O–H groups in total. The Morgan fingerprint density at radius 1 is 0.800 bits per heavy atom. The number of ether oxygens (including phenoxy) is 1. The van der Waals surface area contributed by atoms with E-state index in [1.807, 2.05) is 114 Å². The Morgan fingerprint density at radius 2 is 1.53 bits per heavy atom. The van der Waals surface area contributed by atoms with Gasteiger partial charge in [0.05, 0.1) is 12.0 Å². The maximum atomic E-state index is 13.9. The van der Waals surface area contributed by atoms with Crippen LogP contribution in [0, 0.1) is 0 Å². The zero-order valence-corrected chi connectivity index (χ0v) is 27.7. The Morgan fingerprint density at radius 3 is 2.38 bits per heavy atom. The Kier molecular flexibility index (Phi) is 12.3. The van der Waals surface area contributed by atoms with Gasteiger partial charge in [0.25, 0.3) is 5.91 Å². The molecule has 2 aliphatic heterocycles. The predicted molar refractivity (Wildman–Crippen MR) is 186 cm³/mol. The quantitative estimate of drug-likeness (QED) is 0.192. The van der Waals surface area contributed by atoms with E-state index in [1.54, 1.807) is 0 Å². The molecule has 0 saturated carbocycles. The van der Waals surface area contributed by atoms with Gasteiger partial charge in [0.1, 0.15) is 11.5 Å². The summed E-state index contributed by atoms with van der Waals surface area (Å²) >= 11 is 0. The molecular formula is C39H48N4O2. The molecule has 6 heteroatoms. The van der Waals surface area contributed by atoms with Crippen molar-refractivity contribution >= 4 is 16.7 Å².